The Balaban J connectivity index is 0.00000180. The summed E-state index contributed by atoms with van der Waals surface area (Å²) in [5.74, 6) is 1.43. The van der Waals surface area contributed by atoms with Crippen molar-refractivity contribution in [3.63, 3.8) is 0 Å². The minimum absolute atomic E-state index is 0. The molecule has 20 heavy (non-hydrogen) atoms. The quantitative estimate of drug-likeness (QED) is 0.458. The van der Waals surface area contributed by atoms with Gasteiger partial charge in [-0.3, -0.25) is 0 Å². The van der Waals surface area contributed by atoms with Crippen molar-refractivity contribution >= 4 is 0 Å². The molecule has 0 N–H and O–H groups in total. The van der Waals surface area contributed by atoms with Gasteiger partial charge in [0.2, 0.25) is 0 Å². The molecule has 2 rings (SSSR count). The van der Waals surface area contributed by atoms with Gasteiger partial charge in [0.15, 0.2) is 0 Å². The van der Waals surface area contributed by atoms with Crippen molar-refractivity contribution in [1.29, 1.82) is 0 Å². The van der Waals surface area contributed by atoms with E-state index in [1.54, 1.807) is 0 Å². The molecule has 2 heteroatoms. The summed E-state index contributed by atoms with van der Waals surface area (Å²) in [6, 6.07) is 21.3. The van der Waals surface area contributed by atoms with Crippen molar-refractivity contribution in [2.45, 2.75) is 26.2 Å². The van der Waals surface area contributed by atoms with E-state index in [0.29, 0.717) is 0 Å². The van der Waals surface area contributed by atoms with Crippen LogP contribution in [-0.4, -0.2) is 0 Å². The first-order chi connectivity index (χ1) is 8.90. The molecule has 2 aromatic carbocycles. The summed E-state index contributed by atoms with van der Waals surface area (Å²) in [7, 11) is 0. The van der Waals surface area contributed by atoms with Gasteiger partial charge in [0.1, 0.15) is 0 Å². The van der Waals surface area contributed by atoms with Gasteiger partial charge in [-0.2, -0.15) is 35.4 Å². The molecule has 0 amide bonds. The van der Waals surface area contributed by atoms with Gasteiger partial charge in [-0.15, -0.1) is 24.3 Å². The Morgan fingerprint density at radius 1 is 0.850 bits per heavy atom. The van der Waals surface area contributed by atoms with E-state index in [9.17, 15) is 0 Å². The second-order valence-corrected chi connectivity index (χ2v) is 4.55. The summed E-state index contributed by atoms with van der Waals surface area (Å²) < 4.78 is 0. The SMILES string of the molecule is CCCC[C-]([CH-]c1ccccc1)c1ccccc1.[Li+].[Li+]. The van der Waals surface area contributed by atoms with E-state index in [1.807, 2.05) is 0 Å². The molecule has 0 fully saturated rings. The summed E-state index contributed by atoms with van der Waals surface area (Å²) in [4.78, 5) is 0. The maximum Gasteiger partial charge on any atom is 1.00 e. The van der Waals surface area contributed by atoms with Crippen LogP contribution in [0, 0.1) is 12.3 Å². The summed E-state index contributed by atoms with van der Waals surface area (Å²) in [6.45, 7) is 2.24. The van der Waals surface area contributed by atoms with Gasteiger partial charge in [0, 0.05) is 0 Å². The number of hydrogen-bond acceptors (Lipinski definition) is 0. The van der Waals surface area contributed by atoms with Crippen molar-refractivity contribution in [3.05, 3.63) is 84.1 Å². The molecule has 0 atom stereocenters. The van der Waals surface area contributed by atoms with Gasteiger partial charge in [0.05, 0.1) is 0 Å². The molecule has 0 radical (unpaired) electrons. The Bertz CT molecular complexity index is 439. The minimum atomic E-state index is 0. The Morgan fingerprint density at radius 3 is 1.95 bits per heavy atom. The Hall–Kier alpha value is -0.625. The smallest absolute Gasteiger partial charge is 0.216 e. The fraction of sp³-hybridized carbons (Fsp3) is 0.222. The van der Waals surface area contributed by atoms with Crippen LogP contribution >= 0.6 is 0 Å². The first-order valence-corrected chi connectivity index (χ1v) is 6.71. The van der Waals surface area contributed by atoms with E-state index in [2.05, 4.69) is 74.0 Å². The molecule has 0 saturated heterocycles. The van der Waals surface area contributed by atoms with Gasteiger partial charge in [0.25, 0.3) is 0 Å². The summed E-state index contributed by atoms with van der Waals surface area (Å²) >= 11 is 0. The molecule has 0 aliphatic carbocycles. The van der Waals surface area contributed by atoms with Crippen molar-refractivity contribution in [3.8, 4) is 0 Å². The molecule has 0 aromatic heterocycles. The van der Waals surface area contributed by atoms with Crippen molar-refractivity contribution in [2.24, 2.45) is 0 Å². The van der Waals surface area contributed by atoms with Crippen molar-refractivity contribution in [2.75, 3.05) is 0 Å². The largest absolute Gasteiger partial charge is 1.00 e. The van der Waals surface area contributed by atoms with E-state index in [4.69, 9.17) is 0 Å². The van der Waals surface area contributed by atoms with Crippen LogP contribution in [-0.2, 0) is 0 Å². The first-order valence-electron chi connectivity index (χ1n) is 6.71. The number of unbranched alkanes of at least 4 members (excludes halogenated alkanes) is 1. The van der Waals surface area contributed by atoms with Crippen molar-refractivity contribution in [1.82, 2.24) is 0 Å². The van der Waals surface area contributed by atoms with Crippen LogP contribution < -0.4 is 37.7 Å². The third-order valence-electron chi connectivity index (χ3n) is 3.08. The van der Waals surface area contributed by atoms with Crippen molar-refractivity contribution < 1.29 is 37.7 Å². The topological polar surface area (TPSA) is 0 Å². The third kappa shape index (κ3) is 6.22. The maximum absolute atomic E-state index is 2.31. The normalized spacial score (nSPS) is 9.05. The predicted molar refractivity (Wildman–Crippen MR) is 78.2 cm³/mol. The fourth-order valence-electron chi connectivity index (χ4n) is 2.07. The second kappa shape index (κ2) is 11.1. The summed E-state index contributed by atoms with van der Waals surface area (Å²) in [5, 5.41) is 0. The molecule has 0 heterocycles. The molecule has 0 aliphatic heterocycles. The molecule has 0 unspecified atom stereocenters. The first kappa shape index (κ1) is 19.4. The zero-order chi connectivity index (χ0) is 12.6. The fourth-order valence-corrected chi connectivity index (χ4v) is 2.07. The van der Waals surface area contributed by atoms with Crippen LogP contribution in [0.25, 0.3) is 0 Å². The Morgan fingerprint density at radius 2 is 1.40 bits per heavy atom. The summed E-state index contributed by atoms with van der Waals surface area (Å²) in [6.07, 6.45) is 5.94. The standard InChI is InChI=1S/C18H20.2Li/c1-2-3-12-18(17-13-8-5-9-14-17)15-16-10-6-4-7-11-16;;/h4-11,13-15H,2-3,12H2,1H3;;/q-2;2*+1. The molecule has 0 nitrogen and oxygen atoms in total. The molecule has 0 spiro atoms. The van der Waals surface area contributed by atoms with Crippen LogP contribution in [0.1, 0.15) is 37.3 Å². The monoisotopic (exact) mass is 250 g/mol. The second-order valence-electron chi connectivity index (χ2n) is 4.55. The average molecular weight is 250 g/mol. The predicted octanol–water partition coefficient (Wildman–Crippen LogP) is -0.940. The number of hydrogen-bond donors (Lipinski definition) is 0. The maximum atomic E-state index is 2.31. The van der Waals surface area contributed by atoms with E-state index in [-0.39, 0.29) is 37.7 Å². The minimum Gasteiger partial charge on any atom is -0.216 e. The zero-order valence-electron chi connectivity index (χ0n) is 13.0. The van der Waals surface area contributed by atoms with E-state index >= 15 is 0 Å². The molecular weight excluding hydrogens is 230 g/mol. The molecule has 0 bridgehead atoms. The average Bonchev–Trinajstić information content (AvgIpc) is 2.45. The summed E-state index contributed by atoms with van der Waals surface area (Å²) in [5.41, 5.74) is 2.63. The van der Waals surface area contributed by atoms with E-state index < -0.39 is 0 Å². The number of rotatable bonds is 6. The molecule has 2 aromatic rings. The van der Waals surface area contributed by atoms with Gasteiger partial charge in [-0.25, -0.2) is 12.3 Å². The zero-order valence-corrected chi connectivity index (χ0v) is 13.0. The van der Waals surface area contributed by atoms with E-state index in [0.717, 1.165) is 6.42 Å². The molecule has 0 aliphatic rings. The molecule has 0 saturated carbocycles. The van der Waals surface area contributed by atoms with E-state index in [1.165, 1.54) is 29.9 Å². The van der Waals surface area contributed by atoms with Gasteiger partial charge >= 0.3 is 37.7 Å². The molecule has 94 valence electrons. The number of benzene rings is 2. The van der Waals surface area contributed by atoms with Crippen LogP contribution in [0.3, 0.4) is 0 Å². The Kier molecular flexibility index (Phi) is 10.7. The van der Waals surface area contributed by atoms with Crippen LogP contribution in [0.2, 0.25) is 0 Å². The van der Waals surface area contributed by atoms with Crippen LogP contribution in [0.5, 0.6) is 0 Å². The van der Waals surface area contributed by atoms with Gasteiger partial charge < -0.3 is 0 Å². The molecular formula is C18H20Li2. The van der Waals surface area contributed by atoms with Gasteiger partial charge in [-0.05, 0) is 0 Å². The van der Waals surface area contributed by atoms with Crippen LogP contribution in [0.15, 0.2) is 60.7 Å². The third-order valence-corrected chi connectivity index (χ3v) is 3.08. The van der Waals surface area contributed by atoms with Crippen LogP contribution in [0.4, 0.5) is 0 Å². The Labute approximate surface area is 147 Å². The van der Waals surface area contributed by atoms with Gasteiger partial charge in [-0.1, -0.05) is 38.3 Å².